The number of rotatable bonds is 3. The molecule has 3 aliphatic rings. The predicted molar refractivity (Wildman–Crippen MR) is 85.0 cm³/mol. The van der Waals surface area contributed by atoms with E-state index in [1.54, 1.807) is 14.9 Å². The molecule has 0 amide bonds. The lowest BCUT2D eigenvalue weighted by Gasteiger charge is -2.44. The molecule has 1 saturated carbocycles. The van der Waals surface area contributed by atoms with Gasteiger partial charge < -0.3 is 9.15 Å². The Labute approximate surface area is 137 Å². The van der Waals surface area contributed by atoms with Crippen LogP contribution in [-0.2, 0) is 14.9 Å². The Morgan fingerprint density at radius 3 is 2.74 bits per heavy atom. The van der Waals surface area contributed by atoms with Crippen LogP contribution in [0.4, 0.5) is 0 Å². The third-order valence-corrected chi connectivity index (χ3v) is 7.43. The highest BCUT2D eigenvalue weighted by Crippen LogP contribution is 2.38. The summed E-state index contributed by atoms with van der Waals surface area (Å²) in [4.78, 5) is 0. The van der Waals surface area contributed by atoms with Crippen molar-refractivity contribution in [3.8, 4) is 0 Å². The van der Waals surface area contributed by atoms with E-state index in [1.165, 1.54) is 0 Å². The minimum atomic E-state index is -3.48. The first-order valence-electron chi connectivity index (χ1n) is 8.61. The van der Waals surface area contributed by atoms with Crippen LogP contribution >= 0.6 is 0 Å². The Hall–Kier alpha value is -0.890. The van der Waals surface area contributed by atoms with Gasteiger partial charge in [-0.05, 0) is 37.8 Å². The van der Waals surface area contributed by atoms with Crippen LogP contribution in [0.3, 0.4) is 0 Å². The van der Waals surface area contributed by atoms with E-state index in [0.717, 1.165) is 44.3 Å². The van der Waals surface area contributed by atoms with Gasteiger partial charge >= 0.3 is 0 Å². The molecule has 1 aliphatic carbocycles. The summed E-state index contributed by atoms with van der Waals surface area (Å²) in [6, 6.07) is 3.53. The zero-order chi connectivity index (χ0) is 15.9. The van der Waals surface area contributed by atoms with Gasteiger partial charge in [0.1, 0.15) is 5.76 Å². The Morgan fingerprint density at radius 2 is 1.91 bits per heavy atom. The Bertz CT molecular complexity index is 629. The molecule has 0 unspecified atom stereocenters. The molecule has 1 aromatic heterocycles. The van der Waals surface area contributed by atoms with E-state index in [2.05, 4.69) is 0 Å². The summed E-state index contributed by atoms with van der Waals surface area (Å²) in [6.07, 6.45) is 7.48. The predicted octanol–water partition coefficient (Wildman–Crippen LogP) is 2.30. The smallest absolute Gasteiger partial charge is 0.283 e. The number of nitrogens with zero attached hydrogens (tertiary/aromatic N) is 2. The summed E-state index contributed by atoms with van der Waals surface area (Å²) in [5.74, 6) is 0.750. The van der Waals surface area contributed by atoms with Crippen molar-refractivity contribution in [3.63, 3.8) is 0 Å². The number of furan rings is 1. The fraction of sp³-hybridized carbons (Fsp3) is 0.750. The van der Waals surface area contributed by atoms with E-state index in [1.807, 2.05) is 12.1 Å². The van der Waals surface area contributed by atoms with Crippen LogP contribution in [0.2, 0.25) is 0 Å². The van der Waals surface area contributed by atoms with Gasteiger partial charge in [0.2, 0.25) is 0 Å². The van der Waals surface area contributed by atoms with Gasteiger partial charge in [-0.1, -0.05) is 12.8 Å². The van der Waals surface area contributed by atoms with Gasteiger partial charge in [0.05, 0.1) is 31.1 Å². The topological polar surface area (TPSA) is 63.0 Å². The summed E-state index contributed by atoms with van der Waals surface area (Å²) in [7, 11) is -3.48. The van der Waals surface area contributed by atoms with E-state index < -0.39 is 10.2 Å². The minimum absolute atomic E-state index is 0.000325. The van der Waals surface area contributed by atoms with Crippen LogP contribution < -0.4 is 0 Å². The number of hydrogen-bond acceptors (Lipinski definition) is 4. The molecule has 3 fully saturated rings. The highest BCUT2D eigenvalue weighted by Gasteiger charge is 2.46. The van der Waals surface area contributed by atoms with Crippen LogP contribution in [-0.4, -0.2) is 48.9 Å². The zero-order valence-corrected chi connectivity index (χ0v) is 14.1. The van der Waals surface area contributed by atoms with Crippen molar-refractivity contribution < 1.29 is 17.6 Å². The molecule has 6 nitrogen and oxygen atoms in total. The monoisotopic (exact) mass is 340 g/mol. The molecule has 2 saturated heterocycles. The molecule has 23 heavy (non-hydrogen) atoms. The third kappa shape index (κ3) is 2.73. The van der Waals surface area contributed by atoms with Gasteiger partial charge in [0, 0.05) is 13.1 Å². The molecule has 3 heterocycles. The second-order valence-corrected chi connectivity index (χ2v) is 8.50. The molecule has 128 valence electrons. The zero-order valence-electron chi connectivity index (χ0n) is 13.3. The van der Waals surface area contributed by atoms with Crippen LogP contribution in [0.1, 0.15) is 50.3 Å². The maximum atomic E-state index is 13.3. The van der Waals surface area contributed by atoms with Crippen LogP contribution in [0, 0.1) is 0 Å². The van der Waals surface area contributed by atoms with Crippen LogP contribution in [0.25, 0.3) is 0 Å². The van der Waals surface area contributed by atoms with E-state index >= 15 is 0 Å². The standard InChI is InChI=1S/C16H24N2O4S/c19-23(20,17-9-3-6-14(17)16-8-4-11-21-16)18-10-12-22-15-7-2-1-5-13(15)18/h4,8,11,13-15H,1-3,5-7,9-10,12H2/t13-,14-,15+/m1/s1. The first kappa shape index (κ1) is 15.6. The normalized spacial score (nSPS) is 33.7. The molecule has 2 aliphatic heterocycles. The molecule has 1 aromatic rings. The van der Waals surface area contributed by atoms with Crippen molar-refractivity contribution in [1.29, 1.82) is 0 Å². The fourth-order valence-electron chi connectivity index (χ4n) is 4.26. The summed E-state index contributed by atoms with van der Waals surface area (Å²) < 4.78 is 41.3. The van der Waals surface area contributed by atoms with Crippen molar-refractivity contribution in [2.45, 2.75) is 56.7 Å². The minimum Gasteiger partial charge on any atom is -0.468 e. The maximum absolute atomic E-state index is 13.3. The molecule has 0 radical (unpaired) electrons. The molecular weight excluding hydrogens is 316 g/mol. The van der Waals surface area contributed by atoms with Gasteiger partial charge in [-0.25, -0.2) is 0 Å². The molecule has 7 heteroatoms. The molecule has 3 atom stereocenters. The van der Waals surface area contributed by atoms with Crippen molar-refractivity contribution >= 4 is 10.2 Å². The van der Waals surface area contributed by atoms with E-state index in [9.17, 15) is 8.42 Å². The van der Waals surface area contributed by atoms with Crippen molar-refractivity contribution in [2.24, 2.45) is 0 Å². The fourth-order valence-corrected chi connectivity index (χ4v) is 6.31. The van der Waals surface area contributed by atoms with E-state index in [0.29, 0.717) is 19.7 Å². The lowest BCUT2D eigenvalue weighted by atomic mass is 9.91. The van der Waals surface area contributed by atoms with Gasteiger partial charge in [-0.15, -0.1) is 0 Å². The van der Waals surface area contributed by atoms with Gasteiger partial charge in [-0.3, -0.25) is 0 Å². The van der Waals surface area contributed by atoms with Gasteiger partial charge in [-0.2, -0.15) is 17.0 Å². The Morgan fingerprint density at radius 1 is 1.04 bits per heavy atom. The highest BCUT2D eigenvalue weighted by atomic mass is 32.2. The summed E-state index contributed by atoms with van der Waals surface area (Å²) in [5.41, 5.74) is 0. The van der Waals surface area contributed by atoms with Crippen molar-refractivity contribution in [3.05, 3.63) is 24.2 Å². The first-order chi connectivity index (χ1) is 11.2. The molecular formula is C16H24N2O4S. The first-order valence-corrected chi connectivity index (χ1v) is 10.0. The van der Waals surface area contributed by atoms with Crippen molar-refractivity contribution in [2.75, 3.05) is 19.7 Å². The van der Waals surface area contributed by atoms with E-state index in [4.69, 9.17) is 9.15 Å². The number of morpholine rings is 1. The van der Waals surface area contributed by atoms with Gasteiger partial charge in [0.25, 0.3) is 10.2 Å². The Kier molecular flexibility index (Phi) is 4.21. The molecule has 0 bridgehead atoms. The van der Waals surface area contributed by atoms with Crippen LogP contribution in [0.5, 0.6) is 0 Å². The average Bonchev–Trinajstić information content (AvgIpc) is 3.25. The second kappa shape index (κ2) is 6.20. The third-order valence-electron chi connectivity index (χ3n) is 5.35. The molecule has 0 aromatic carbocycles. The summed E-state index contributed by atoms with van der Waals surface area (Å²) in [6.45, 7) is 1.53. The molecule has 0 spiro atoms. The summed E-state index contributed by atoms with van der Waals surface area (Å²) >= 11 is 0. The number of hydrogen-bond donors (Lipinski definition) is 0. The molecule has 0 N–H and O–H groups in total. The quantitative estimate of drug-likeness (QED) is 0.847. The molecule has 4 rings (SSSR count). The highest BCUT2D eigenvalue weighted by molar-refractivity contribution is 7.86. The average molecular weight is 340 g/mol. The van der Waals surface area contributed by atoms with Crippen molar-refractivity contribution in [1.82, 2.24) is 8.61 Å². The summed E-state index contributed by atoms with van der Waals surface area (Å²) in [5, 5.41) is 0. The number of fused-ring (bicyclic) bond motifs is 1. The Balaban J connectivity index is 1.61. The largest absolute Gasteiger partial charge is 0.468 e. The maximum Gasteiger partial charge on any atom is 0.283 e. The van der Waals surface area contributed by atoms with E-state index in [-0.39, 0.29) is 18.2 Å². The van der Waals surface area contributed by atoms with Crippen LogP contribution in [0.15, 0.2) is 22.8 Å². The van der Waals surface area contributed by atoms with Gasteiger partial charge in [0.15, 0.2) is 0 Å². The number of ether oxygens (including phenoxy) is 1. The lowest BCUT2D eigenvalue weighted by molar-refractivity contribution is -0.0604. The SMILES string of the molecule is O=S(=O)(N1CCC[C@@H]1c1ccco1)N1CCO[C@H]2CCCC[C@H]21. The lowest BCUT2D eigenvalue weighted by Crippen LogP contribution is -2.58. The second-order valence-electron chi connectivity index (χ2n) is 6.66.